The molecule has 0 aliphatic carbocycles. The Morgan fingerprint density at radius 3 is 0.571 bits per heavy atom. The molecule has 0 spiro atoms. The van der Waals surface area contributed by atoms with Gasteiger partial charge in [0.2, 0.25) is 0 Å². The third-order valence-corrected chi connectivity index (χ3v) is 6.63. The van der Waals surface area contributed by atoms with Gasteiger partial charge >= 0.3 is 30.4 Å². The van der Waals surface area contributed by atoms with Gasteiger partial charge in [-0.1, -0.05) is 0 Å². The standard InChI is InChI=1S/2CH6O6P2.2H2O.Tc/c2*2-8(3,4)1-9(5,6)7;;;/h2*1H2,(H2,2,3,4)(H2,5,6,7);2*1H2;. The maximum Gasteiger partial charge on any atom is 0.337 e. The van der Waals surface area contributed by atoms with Crippen molar-refractivity contribution in [2.45, 2.75) is 0 Å². The second-order valence-corrected chi connectivity index (χ2v) is 10.5. The van der Waals surface area contributed by atoms with E-state index in [1.54, 1.807) is 0 Å². The molecule has 0 aliphatic rings. The van der Waals surface area contributed by atoms with Crippen molar-refractivity contribution in [2.24, 2.45) is 0 Å². The third kappa shape index (κ3) is 44.9. The summed E-state index contributed by atoms with van der Waals surface area (Å²) in [4.78, 5) is 63.8. The molecule has 0 saturated carbocycles. The van der Waals surface area contributed by atoms with Crippen molar-refractivity contribution in [3.63, 3.8) is 0 Å². The Morgan fingerprint density at radius 1 is 0.476 bits per heavy atom. The van der Waals surface area contributed by atoms with Crippen molar-refractivity contribution in [1.82, 2.24) is 0 Å². The van der Waals surface area contributed by atoms with Crippen LogP contribution in [0.4, 0.5) is 0 Å². The van der Waals surface area contributed by atoms with Crippen LogP contribution in [0, 0.1) is 0 Å². The van der Waals surface area contributed by atoms with Crippen molar-refractivity contribution in [3.05, 3.63) is 0 Å². The van der Waals surface area contributed by atoms with Crippen molar-refractivity contribution in [1.29, 1.82) is 0 Å². The molecule has 0 fully saturated rings. The minimum absolute atomic E-state index is 0. The summed E-state index contributed by atoms with van der Waals surface area (Å²) in [5.74, 6) is -2.75. The monoisotopic (exact) mass is 485 g/mol. The minimum atomic E-state index is -4.55. The summed E-state index contributed by atoms with van der Waals surface area (Å²) in [7, 11) is -18.2. The molecule has 135 valence electrons. The van der Waals surface area contributed by atoms with Gasteiger partial charge in [0, 0.05) is 20.1 Å². The molecule has 0 amide bonds. The molecule has 14 nitrogen and oxygen atoms in total. The van der Waals surface area contributed by atoms with E-state index < -0.39 is 42.2 Å². The average molecular weight is 486 g/mol. The van der Waals surface area contributed by atoms with Crippen LogP contribution in [-0.2, 0) is 38.4 Å². The summed E-state index contributed by atoms with van der Waals surface area (Å²) in [6.45, 7) is 0. The summed E-state index contributed by atoms with van der Waals surface area (Å²) in [6.07, 6.45) is 0. The first-order valence-corrected chi connectivity index (χ1v) is 10.8. The summed E-state index contributed by atoms with van der Waals surface area (Å²) < 4.78 is 39.4. The molecule has 0 bridgehead atoms. The van der Waals surface area contributed by atoms with Gasteiger partial charge in [-0.15, -0.1) is 0 Å². The van der Waals surface area contributed by atoms with Crippen LogP contribution in [0.2, 0.25) is 0 Å². The molecule has 0 aromatic carbocycles. The molecule has 19 heteroatoms. The maximum absolute atomic E-state index is 9.85. The van der Waals surface area contributed by atoms with Gasteiger partial charge in [0.15, 0.2) is 11.8 Å². The van der Waals surface area contributed by atoms with Crippen molar-refractivity contribution in [3.8, 4) is 0 Å². The Kier molecular flexibility index (Phi) is 18.7. The van der Waals surface area contributed by atoms with E-state index in [9.17, 15) is 18.3 Å². The van der Waals surface area contributed by atoms with Crippen LogP contribution < -0.4 is 0 Å². The van der Waals surface area contributed by atoms with Crippen LogP contribution in [0.25, 0.3) is 0 Å². The zero-order chi connectivity index (χ0) is 15.4. The Balaban J connectivity index is -0.0000000711. The molecule has 0 heterocycles. The molecule has 1 radical (unpaired) electrons. The van der Waals surface area contributed by atoms with Crippen molar-refractivity contribution < 1.29 is 88.5 Å². The van der Waals surface area contributed by atoms with Gasteiger partial charge in [0.05, 0.1) is 0 Å². The van der Waals surface area contributed by atoms with Crippen LogP contribution in [0.1, 0.15) is 0 Å². The Bertz CT molecular complexity index is 352. The van der Waals surface area contributed by atoms with Gasteiger partial charge in [0.1, 0.15) is 0 Å². The predicted octanol–water partition coefficient (Wildman–Crippen LogP) is -3.05. The molecule has 0 aromatic rings. The first-order chi connectivity index (χ1) is 7.41. The molecule has 21 heavy (non-hydrogen) atoms. The van der Waals surface area contributed by atoms with Gasteiger partial charge in [-0.2, -0.15) is 0 Å². The second kappa shape index (κ2) is 11.7. The molecule has 0 aromatic heterocycles. The van der Waals surface area contributed by atoms with Gasteiger partial charge in [-0.3, -0.25) is 18.3 Å². The molecule has 0 unspecified atom stereocenters. The summed E-state index contributed by atoms with van der Waals surface area (Å²) in [5.41, 5.74) is 0. The van der Waals surface area contributed by atoms with E-state index in [1.807, 2.05) is 0 Å². The van der Waals surface area contributed by atoms with Gasteiger partial charge in [-0.05, 0) is 0 Å². The quantitative estimate of drug-likeness (QED) is 0.184. The van der Waals surface area contributed by atoms with Crippen LogP contribution in [0.5, 0.6) is 0 Å². The normalized spacial score (nSPS) is 11.8. The fourth-order valence-corrected chi connectivity index (χ4v) is 4.32. The maximum atomic E-state index is 9.85. The summed E-state index contributed by atoms with van der Waals surface area (Å²) in [5, 5.41) is 0. The molecule has 0 saturated heterocycles. The number of hydrogen-bond acceptors (Lipinski definition) is 4. The zero-order valence-electron chi connectivity index (χ0n) is 9.79. The topological polar surface area (TPSA) is 293 Å². The second-order valence-electron chi connectivity index (χ2n) is 2.94. The molecule has 12 N–H and O–H groups in total. The van der Waals surface area contributed by atoms with Crippen molar-refractivity contribution >= 4 is 30.4 Å². The van der Waals surface area contributed by atoms with Crippen LogP contribution >= 0.6 is 30.4 Å². The van der Waals surface area contributed by atoms with Gasteiger partial charge < -0.3 is 50.1 Å². The van der Waals surface area contributed by atoms with Gasteiger partial charge in [-0.25, -0.2) is 0 Å². The van der Waals surface area contributed by atoms with E-state index in [-0.39, 0.29) is 31.1 Å². The van der Waals surface area contributed by atoms with E-state index in [0.717, 1.165) is 0 Å². The van der Waals surface area contributed by atoms with Gasteiger partial charge in [0.25, 0.3) is 0 Å². The van der Waals surface area contributed by atoms with Crippen molar-refractivity contribution in [2.75, 3.05) is 11.8 Å². The molecule has 0 aliphatic heterocycles. The van der Waals surface area contributed by atoms with Crippen LogP contribution in [-0.4, -0.2) is 61.9 Å². The SMILES string of the molecule is O.O.O=P(O)(O)CP(=O)(O)O.O=P(O)(O)CP(=O)(O)O.[Tc]. The smallest absolute Gasteiger partial charge is 0.337 e. The average Bonchev–Trinajstić information content (AvgIpc) is 1.64. The summed E-state index contributed by atoms with van der Waals surface area (Å²) in [6, 6.07) is 0. The number of hydrogen-bond donors (Lipinski definition) is 8. The molecule has 0 atom stereocenters. The van der Waals surface area contributed by atoms with E-state index >= 15 is 0 Å². The Hall–Kier alpha value is 1.17. The first kappa shape index (κ1) is 33.7. The predicted molar refractivity (Wildman–Crippen MR) is 65.1 cm³/mol. The van der Waals surface area contributed by atoms with Crippen LogP contribution in [0.3, 0.4) is 0 Å². The van der Waals surface area contributed by atoms with E-state index in [0.29, 0.717) is 0 Å². The zero-order valence-corrected chi connectivity index (χ0v) is 15.2. The molecular weight excluding hydrogens is 470 g/mol. The fourth-order valence-electron chi connectivity index (χ4n) is 0.480. The third-order valence-electron chi connectivity index (χ3n) is 0.737. The first-order valence-electron chi connectivity index (χ1n) is 3.60. The van der Waals surface area contributed by atoms with Crippen LogP contribution in [0.15, 0.2) is 0 Å². The molecule has 0 rings (SSSR count). The Labute approximate surface area is 131 Å². The van der Waals surface area contributed by atoms with E-state index in [1.165, 1.54) is 0 Å². The number of rotatable bonds is 4. The van der Waals surface area contributed by atoms with E-state index in [4.69, 9.17) is 39.1 Å². The molecular formula is C2H16O14P4Tc. The summed E-state index contributed by atoms with van der Waals surface area (Å²) >= 11 is 0. The largest absolute Gasteiger partial charge is 0.412 e. The Morgan fingerprint density at radius 2 is 0.571 bits per heavy atom. The fraction of sp³-hybridized carbons (Fsp3) is 1.00. The van der Waals surface area contributed by atoms with E-state index in [2.05, 4.69) is 0 Å². The minimum Gasteiger partial charge on any atom is -0.412 e.